The average molecular weight is 323 g/mol. The largest absolute Gasteiger partial charge is 0.372 e. The molecule has 0 radical (unpaired) electrons. The van der Waals surface area contributed by atoms with E-state index in [2.05, 4.69) is 5.73 Å². The number of benzene rings is 2. The zero-order chi connectivity index (χ0) is 16.4. The Labute approximate surface area is 135 Å². The van der Waals surface area contributed by atoms with Crippen molar-refractivity contribution in [1.82, 2.24) is 0 Å². The number of amides is 1. The number of aryl methyl sites for hydroxylation is 1. The second-order valence-electron chi connectivity index (χ2n) is 4.64. The normalized spacial score (nSPS) is 9.77. The molecule has 0 spiro atoms. The highest BCUT2D eigenvalue weighted by Gasteiger charge is 2.11. The van der Waals surface area contributed by atoms with Gasteiger partial charge in [0.2, 0.25) is 6.41 Å². The van der Waals surface area contributed by atoms with Gasteiger partial charge in [-0.05, 0) is 37.4 Å². The predicted molar refractivity (Wildman–Crippen MR) is 89.1 cm³/mol. The molecule has 0 saturated carbocycles. The molecule has 118 valence electrons. The molecular formula is C17H20ClFN2O. The van der Waals surface area contributed by atoms with Gasteiger partial charge in [-0.1, -0.05) is 48.0 Å². The lowest BCUT2D eigenvalue weighted by atomic mass is 9.99. The molecule has 2 aromatic rings. The molecule has 3 nitrogen and oxygen atoms in total. The molecule has 0 bridgehead atoms. The first-order valence-electron chi connectivity index (χ1n) is 7.03. The maximum atomic E-state index is 14.5. The number of carbonyl (C=O) groups is 1. The lowest BCUT2D eigenvalue weighted by molar-refractivity contribution is -0.106. The van der Waals surface area contributed by atoms with Gasteiger partial charge >= 0.3 is 0 Å². The van der Waals surface area contributed by atoms with Gasteiger partial charge in [-0.2, -0.15) is 0 Å². The Morgan fingerprint density at radius 3 is 2.32 bits per heavy atom. The minimum atomic E-state index is -0.173. The molecule has 2 aromatic carbocycles. The summed E-state index contributed by atoms with van der Waals surface area (Å²) >= 11 is 6.13. The van der Waals surface area contributed by atoms with Crippen LogP contribution in [0.2, 0.25) is 5.02 Å². The Bertz CT molecular complexity index is 605. The first kappa shape index (κ1) is 18.1. The topological polar surface area (TPSA) is 69.1 Å². The van der Waals surface area contributed by atoms with Crippen LogP contribution in [0.15, 0.2) is 42.5 Å². The third kappa shape index (κ3) is 5.13. The molecule has 1 amide bonds. The van der Waals surface area contributed by atoms with Crippen molar-refractivity contribution >= 4 is 18.0 Å². The van der Waals surface area contributed by atoms with E-state index in [0.717, 1.165) is 24.0 Å². The van der Waals surface area contributed by atoms with Crippen LogP contribution in [0.1, 0.15) is 18.4 Å². The highest BCUT2D eigenvalue weighted by molar-refractivity contribution is 6.33. The van der Waals surface area contributed by atoms with Crippen molar-refractivity contribution in [3.8, 4) is 11.1 Å². The highest BCUT2D eigenvalue weighted by Crippen LogP contribution is 2.31. The van der Waals surface area contributed by atoms with Crippen molar-refractivity contribution in [2.75, 3.05) is 6.54 Å². The molecule has 5 heteroatoms. The fourth-order valence-corrected chi connectivity index (χ4v) is 2.36. The number of primary amides is 1. The first-order valence-corrected chi connectivity index (χ1v) is 7.41. The predicted octanol–water partition coefficient (Wildman–Crippen LogP) is 3.53. The van der Waals surface area contributed by atoms with Gasteiger partial charge < -0.3 is 11.5 Å². The number of hydrogen-bond acceptors (Lipinski definition) is 2. The van der Waals surface area contributed by atoms with Crippen LogP contribution < -0.4 is 11.5 Å². The number of hydrogen-bond donors (Lipinski definition) is 2. The Morgan fingerprint density at radius 1 is 1.05 bits per heavy atom. The van der Waals surface area contributed by atoms with Crippen LogP contribution in [0.25, 0.3) is 11.1 Å². The summed E-state index contributed by atoms with van der Waals surface area (Å²) in [5.74, 6) is -0.173. The van der Waals surface area contributed by atoms with E-state index in [1.54, 1.807) is 12.1 Å². The van der Waals surface area contributed by atoms with Gasteiger partial charge in [0.15, 0.2) is 0 Å². The SMILES string of the molecule is NC=O.NCCCCc1cccc(-c2ccccc2Cl)c1F. The van der Waals surface area contributed by atoms with E-state index >= 15 is 0 Å². The molecule has 0 heterocycles. The summed E-state index contributed by atoms with van der Waals surface area (Å²) in [6, 6.07) is 12.8. The molecule has 0 fully saturated rings. The van der Waals surface area contributed by atoms with Gasteiger partial charge in [0.25, 0.3) is 0 Å². The van der Waals surface area contributed by atoms with Crippen molar-refractivity contribution in [2.45, 2.75) is 19.3 Å². The lowest BCUT2D eigenvalue weighted by Crippen LogP contribution is -2.00. The maximum Gasteiger partial charge on any atom is 0.204 e. The summed E-state index contributed by atoms with van der Waals surface area (Å²) in [6.07, 6.45) is 2.77. The standard InChI is InChI=1S/C16H17ClFN.CH3NO/c17-15-10-2-1-8-13(15)14-9-5-7-12(16(14)18)6-3-4-11-19;2-1-3/h1-2,5,7-10H,3-4,6,11,19H2;1H,(H2,2,3). The monoisotopic (exact) mass is 322 g/mol. The zero-order valence-corrected chi connectivity index (χ0v) is 13.0. The summed E-state index contributed by atoms with van der Waals surface area (Å²) in [6.45, 7) is 0.645. The molecule has 22 heavy (non-hydrogen) atoms. The van der Waals surface area contributed by atoms with Crippen LogP contribution in [-0.2, 0) is 11.2 Å². The molecule has 0 aromatic heterocycles. The lowest BCUT2D eigenvalue weighted by Gasteiger charge is -2.09. The van der Waals surface area contributed by atoms with Gasteiger partial charge in [0, 0.05) is 16.1 Å². The molecule has 4 N–H and O–H groups in total. The van der Waals surface area contributed by atoms with Gasteiger partial charge in [0.05, 0.1) is 0 Å². The summed E-state index contributed by atoms with van der Waals surface area (Å²) in [5.41, 5.74) is 11.7. The van der Waals surface area contributed by atoms with Crippen molar-refractivity contribution in [2.24, 2.45) is 11.5 Å². The third-order valence-corrected chi connectivity index (χ3v) is 3.47. The molecule has 2 rings (SSSR count). The third-order valence-electron chi connectivity index (χ3n) is 3.14. The fourth-order valence-electron chi connectivity index (χ4n) is 2.12. The number of carbonyl (C=O) groups excluding carboxylic acids is 1. The second-order valence-corrected chi connectivity index (χ2v) is 5.05. The molecule has 0 unspecified atom stereocenters. The van der Waals surface area contributed by atoms with E-state index in [-0.39, 0.29) is 12.2 Å². The summed E-state index contributed by atoms with van der Waals surface area (Å²) in [5, 5.41) is 0.570. The van der Waals surface area contributed by atoms with Crippen LogP contribution in [0.5, 0.6) is 0 Å². The maximum absolute atomic E-state index is 14.5. The molecule has 0 atom stereocenters. The summed E-state index contributed by atoms with van der Waals surface area (Å²) in [7, 11) is 0. The Morgan fingerprint density at radius 2 is 1.68 bits per heavy atom. The zero-order valence-electron chi connectivity index (χ0n) is 12.3. The van der Waals surface area contributed by atoms with E-state index in [1.165, 1.54) is 0 Å². The smallest absolute Gasteiger partial charge is 0.204 e. The quantitative estimate of drug-likeness (QED) is 0.653. The van der Waals surface area contributed by atoms with E-state index in [4.69, 9.17) is 22.1 Å². The van der Waals surface area contributed by atoms with Crippen LogP contribution in [0.3, 0.4) is 0 Å². The van der Waals surface area contributed by atoms with Crippen molar-refractivity contribution < 1.29 is 9.18 Å². The molecule has 0 aliphatic carbocycles. The highest BCUT2D eigenvalue weighted by atomic mass is 35.5. The fraction of sp³-hybridized carbons (Fsp3) is 0.235. The summed E-state index contributed by atoms with van der Waals surface area (Å²) < 4.78 is 14.5. The van der Waals surface area contributed by atoms with Crippen molar-refractivity contribution in [3.05, 3.63) is 58.9 Å². The van der Waals surface area contributed by atoms with Gasteiger partial charge in [-0.25, -0.2) is 4.39 Å². The van der Waals surface area contributed by atoms with E-state index in [1.807, 2.05) is 30.3 Å². The van der Waals surface area contributed by atoms with E-state index in [9.17, 15) is 4.39 Å². The molecule has 0 aliphatic rings. The average Bonchev–Trinajstić information content (AvgIpc) is 2.51. The molecular weight excluding hydrogens is 303 g/mol. The molecule has 0 saturated heterocycles. The van der Waals surface area contributed by atoms with Crippen LogP contribution in [-0.4, -0.2) is 13.0 Å². The number of unbranched alkanes of at least 4 members (excludes halogenated alkanes) is 1. The Kier molecular flexibility index (Phi) is 8.18. The summed E-state index contributed by atoms with van der Waals surface area (Å²) in [4.78, 5) is 8.58. The molecule has 0 aliphatic heterocycles. The Hall–Kier alpha value is -1.91. The van der Waals surface area contributed by atoms with E-state index in [0.29, 0.717) is 23.6 Å². The number of rotatable bonds is 5. The Balaban J connectivity index is 0.000000745. The van der Waals surface area contributed by atoms with Gasteiger partial charge in [0.1, 0.15) is 5.82 Å². The van der Waals surface area contributed by atoms with E-state index < -0.39 is 0 Å². The first-order chi connectivity index (χ1) is 10.7. The minimum Gasteiger partial charge on any atom is -0.372 e. The number of halogens is 2. The van der Waals surface area contributed by atoms with Crippen LogP contribution in [0.4, 0.5) is 4.39 Å². The van der Waals surface area contributed by atoms with Crippen LogP contribution >= 0.6 is 11.6 Å². The van der Waals surface area contributed by atoms with Crippen LogP contribution in [0, 0.1) is 5.82 Å². The number of nitrogens with two attached hydrogens (primary N) is 2. The van der Waals surface area contributed by atoms with Gasteiger partial charge in [-0.15, -0.1) is 0 Å². The van der Waals surface area contributed by atoms with Gasteiger partial charge in [-0.3, -0.25) is 4.79 Å². The van der Waals surface area contributed by atoms with Crippen molar-refractivity contribution in [3.63, 3.8) is 0 Å². The minimum absolute atomic E-state index is 0.173. The second kappa shape index (κ2) is 9.92. The van der Waals surface area contributed by atoms with Crippen molar-refractivity contribution in [1.29, 1.82) is 0 Å².